The van der Waals surface area contributed by atoms with E-state index in [0.29, 0.717) is 24.0 Å². The van der Waals surface area contributed by atoms with Crippen molar-refractivity contribution in [1.82, 2.24) is 0 Å². The molecule has 0 fully saturated rings. The lowest BCUT2D eigenvalue weighted by Gasteiger charge is -2.38. The minimum Gasteiger partial charge on any atom is -0.489 e. The number of nitrogens with two attached hydrogens (primary N) is 1. The van der Waals surface area contributed by atoms with Gasteiger partial charge in [-0.3, -0.25) is 4.79 Å². The Hall–Kier alpha value is -3.53. The molecular weight excluding hydrogens is 372 g/mol. The molecule has 1 heterocycles. The van der Waals surface area contributed by atoms with Gasteiger partial charge in [0.15, 0.2) is 0 Å². The van der Waals surface area contributed by atoms with Gasteiger partial charge in [-0.05, 0) is 47.2 Å². The molecule has 3 aromatic carbocycles. The predicted molar refractivity (Wildman–Crippen MR) is 119 cm³/mol. The Labute approximate surface area is 176 Å². The quantitative estimate of drug-likeness (QED) is 0.583. The van der Waals surface area contributed by atoms with Crippen LogP contribution < -0.4 is 15.8 Å². The van der Waals surface area contributed by atoms with Crippen molar-refractivity contribution in [3.05, 3.63) is 107 Å². The molecule has 3 unspecified atom stereocenters. The van der Waals surface area contributed by atoms with Crippen molar-refractivity contribution in [2.45, 2.75) is 25.0 Å². The Kier molecular flexibility index (Phi) is 4.75. The lowest BCUT2D eigenvalue weighted by atomic mass is 9.76. The largest absolute Gasteiger partial charge is 0.489 e. The standard InChI is InChI=1S/C26H24N2O2/c27-26(29)23-11-5-10-22-20-8-4-9-21(20)24(28-25(22)23)18-12-14-19(15-13-18)30-16-17-6-2-1-3-7-17/h1-8,10-15,20-21,24,28H,9,16H2,(H2,27,29). The summed E-state index contributed by atoms with van der Waals surface area (Å²) in [6.07, 6.45) is 5.52. The average Bonchev–Trinajstić information content (AvgIpc) is 3.28. The summed E-state index contributed by atoms with van der Waals surface area (Å²) in [5, 5.41) is 3.63. The highest BCUT2D eigenvalue weighted by Crippen LogP contribution is 2.50. The normalized spacial score (nSPS) is 21.4. The van der Waals surface area contributed by atoms with E-state index in [0.717, 1.165) is 29.0 Å². The molecular formula is C26H24N2O2. The number of benzene rings is 3. The molecule has 0 bridgehead atoms. The van der Waals surface area contributed by atoms with Crippen LogP contribution in [0.4, 0.5) is 5.69 Å². The molecule has 5 rings (SSSR count). The number of para-hydroxylation sites is 1. The third-order valence-corrected chi connectivity index (χ3v) is 6.15. The molecule has 30 heavy (non-hydrogen) atoms. The molecule has 4 heteroatoms. The summed E-state index contributed by atoms with van der Waals surface area (Å²) in [5.74, 6) is 1.15. The summed E-state index contributed by atoms with van der Waals surface area (Å²) >= 11 is 0. The van der Waals surface area contributed by atoms with Crippen molar-refractivity contribution < 1.29 is 9.53 Å². The minimum atomic E-state index is -0.400. The van der Waals surface area contributed by atoms with E-state index >= 15 is 0 Å². The molecule has 1 aliphatic heterocycles. The van der Waals surface area contributed by atoms with Gasteiger partial charge in [0.25, 0.3) is 5.91 Å². The monoisotopic (exact) mass is 396 g/mol. The highest BCUT2D eigenvalue weighted by atomic mass is 16.5. The SMILES string of the molecule is NC(=O)c1cccc2c1NC(c1ccc(OCc3ccccc3)cc1)C1CC=CC21. The van der Waals surface area contributed by atoms with Gasteiger partial charge < -0.3 is 15.8 Å². The highest BCUT2D eigenvalue weighted by molar-refractivity contribution is 5.99. The summed E-state index contributed by atoms with van der Waals surface area (Å²) in [6, 6.07) is 24.3. The van der Waals surface area contributed by atoms with Gasteiger partial charge in [-0.25, -0.2) is 0 Å². The maximum atomic E-state index is 12.0. The molecule has 4 nitrogen and oxygen atoms in total. The Morgan fingerprint density at radius 1 is 1.00 bits per heavy atom. The van der Waals surface area contributed by atoms with Crippen LogP contribution in [0.1, 0.15) is 45.4 Å². The first kappa shape index (κ1) is 18.5. The summed E-state index contributed by atoms with van der Waals surface area (Å²) < 4.78 is 5.93. The van der Waals surface area contributed by atoms with Crippen molar-refractivity contribution in [2.75, 3.05) is 5.32 Å². The second kappa shape index (κ2) is 7.71. The molecule has 0 saturated carbocycles. The van der Waals surface area contributed by atoms with Crippen molar-refractivity contribution in [3.63, 3.8) is 0 Å². The first-order valence-corrected chi connectivity index (χ1v) is 10.3. The van der Waals surface area contributed by atoms with Gasteiger partial charge in [0.2, 0.25) is 0 Å². The maximum absolute atomic E-state index is 12.0. The average molecular weight is 396 g/mol. The Bertz CT molecular complexity index is 1090. The zero-order valence-corrected chi connectivity index (χ0v) is 16.6. The van der Waals surface area contributed by atoms with Gasteiger partial charge in [-0.15, -0.1) is 0 Å². The third kappa shape index (κ3) is 3.35. The molecule has 3 N–H and O–H groups in total. The number of fused-ring (bicyclic) bond motifs is 3. The molecule has 150 valence electrons. The minimum absolute atomic E-state index is 0.112. The van der Waals surface area contributed by atoms with Crippen LogP contribution in [0.5, 0.6) is 5.75 Å². The highest BCUT2D eigenvalue weighted by Gasteiger charge is 2.39. The zero-order chi connectivity index (χ0) is 20.5. The van der Waals surface area contributed by atoms with Crippen LogP contribution in [0.2, 0.25) is 0 Å². The molecule has 0 saturated heterocycles. The van der Waals surface area contributed by atoms with E-state index in [9.17, 15) is 4.79 Å². The number of hydrogen-bond acceptors (Lipinski definition) is 3. The number of allylic oxidation sites excluding steroid dienone is 2. The smallest absolute Gasteiger partial charge is 0.250 e. The maximum Gasteiger partial charge on any atom is 0.250 e. The molecule has 0 radical (unpaired) electrons. The molecule has 1 amide bonds. The van der Waals surface area contributed by atoms with E-state index in [1.165, 1.54) is 5.56 Å². The molecule has 1 aliphatic carbocycles. The van der Waals surface area contributed by atoms with E-state index < -0.39 is 5.91 Å². The van der Waals surface area contributed by atoms with Gasteiger partial charge in [0.1, 0.15) is 12.4 Å². The third-order valence-electron chi connectivity index (χ3n) is 6.15. The Balaban J connectivity index is 1.40. The van der Waals surface area contributed by atoms with Crippen molar-refractivity contribution in [3.8, 4) is 5.75 Å². The number of rotatable bonds is 5. The predicted octanol–water partition coefficient (Wildman–Crippen LogP) is 5.19. The lowest BCUT2D eigenvalue weighted by molar-refractivity contribution is 0.100. The van der Waals surface area contributed by atoms with E-state index in [1.807, 2.05) is 36.4 Å². The number of ether oxygens (including phenoxy) is 1. The van der Waals surface area contributed by atoms with E-state index in [-0.39, 0.29) is 6.04 Å². The van der Waals surface area contributed by atoms with E-state index in [4.69, 9.17) is 10.5 Å². The topological polar surface area (TPSA) is 64.4 Å². The summed E-state index contributed by atoms with van der Waals surface area (Å²) in [7, 11) is 0. The number of nitrogens with one attached hydrogen (secondary N) is 1. The number of anilines is 1. The first-order valence-electron chi connectivity index (χ1n) is 10.3. The molecule has 0 aromatic heterocycles. The van der Waals surface area contributed by atoms with Gasteiger partial charge in [-0.1, -0.05) is 66.7 Å². The fourth-order valence-electron chi connectivity index (χ4n) is 4.67. The Morgan fingerprint density at radius 2 is 1.80 bits per heavy atom. The van der Waals surface area contributed by atoms with Crippen LogP contribution in [0.25, 0.3) is 0 Å². The van der Waals surface area contributed by atoms with Gasteiger partial charge >= 0.3 is 0 Å². The van der Waals surface area contributed by atoms with Gasteiger partial charge in [0, 0.05) is 5.92 Å². The van der Waals surface area contributed by atoms with Crippen molar-refractivity contribution >= 4 is 11.6 Å². The van der Waals surface area contributed by atoms with E-state index in [1.54, 1.807) is 6.07 Å². The number of carbonyl (C=O) groups excluding carboxylic acids is 1. The van der Waals surface area contributed by atoms with Crippen molar-refractivity contribution in [1.29, 1.82) is 0 Å². The summed E-state index contributed by atoms with van der Waals surface area (Å²) in [5.41, 5.74) is 10.6. The van der Waals surface area contributed by atoms with Gasteiger partial charge in [0.05, 0.1) is 17.3 Å². The van der Waals surface area contributed by atoms with Crippen LogP contribution in [0.3, 0.4) is 0 Å². The number of amides is 1. The first-order chi connectivity index (χ1) is 14.7. The Morgan fingerprint density at radius 3 is 2.57 bits per heavy atom. The second-order valence-electron chi connectivity index (χ2n) is 7.95. The van der Waals surface area contributed by atoms with Crippen LogP contribution in [0.15, 0.2) is 84.9 Å². The molecule has 2 aliphatic rings. The van der Waals surface area contributed by atoms with Crippen molar-refractivity contribution in [2.24, 2.45) is 11.7 Å². The van der Waals surface area contributed by atoms with Gasteiger partial charge in [-0.2, -0.15) is 0 Å². The number of carbonyl (C=O) groups is 1. The van der Waals surface area contributed by atoms with E-state index in [2.05, 4.69) is 47.8 Å². The fraction of sp³-hybridized carbons (Fsp3) is 0.192. The summed E-state index contributed by atoms with van der Waals surface area (Å²) in [6.45, 7) is 0.547. The zero-order valence-electron chi connectivity index (χ0n) is 16.6. The molecule has 0 spiro atoms. The molecule has 3 atom stereocenters. The van der Waals surface area contributed by atoms with Crippen LogP contribution in [-0.4, -0.2) is 5.91 Å². The van der Waals surface area contributed by atoms with Crippen LogP contribution in [0, 0.1) is 5.92 Å². The van der Waals surface area contributed by atoms with Crippen LogP contribution >= 0.6 is 0 Å². The molecule has 3 aromatic rings. The number of hydrogen-bond donors (Lipinski definition) is 2. The fourth-order valence-corrected chi connectivity index (χ4v) is 4.67. The lowest BCUT2D eigenvalue weighted by Crippen LogP contribution is -2.31. The van der Waals surface area contributed by atoms with Crippen LogP contribution in [-0.2, 0) is 6.61 Å². The number of primary amides is 1. The second-order valence-corrected chi connectivity index (χ2v) is 7.95. The summed E-state index contributed by atoms with van der Waals surface area (Å²) in [4.78, 5) is 12.0.